The molecule has 0 bridgehead atoms. The zero-order valence-corrected chi connectivity index (χ0v) is 13.3. The molecule has 1 aliphatic heterocycles. The van der Waals surface area contributed by atoms with Gasteiger partial charge in [-0.15, -0.1) is 6.42 Å². The number of fused-ring (bicyclic) bond motifs is 1. The van der Waals surface area contributed by atoms with Crippen molar-refractivity contribution in [3.63, 3.8) is 0 Å². The summed E-state index contributed by atoms with van der Waals surface area (Å²) in [7, 11) is 0. The van der Waals surface area contributed by atoms with E-state index in [1.54, 1.807) is 12.4 Å². The van der Waals surface area contributed by atoms with Gasteiger partial charge in [0, 0.05) is 22.5 Å². The van der Waals surface area contributed by atoms with Crippen LogP contribution in [0, 0.1) is 19.3 Å². The standard InChI is InChI=1S/C15H11N3O.C2HF3O2/c1-3-10-4-5-13-11(6-10)12(15(19)18-13)7-14-9(2)16-8-17-14;3-2(4,5)1(6)7/h1,4-8H,2H3,(H,16,17)(H,18,19);(H,6,7)/b12-7-;. The number of rotatable bonds is 1. The average molecular weight is 363 g/mol. The third kappa shape index (κ3) is 4.10. The number of aromatic amines is 1. The zero-order valence-electron chi connectivity index (χ0n) is 13.3. The highest BCUT2D eigenvalue weighted by Crippen LogP contribution is 2.33. The highest BCUT2D eigenvalue weighted by atomic mass is 19.4. The maximum Gasteiger partial charge on any atom is 0.490 e. The summed E-state index contributed by atoms with van der Waals surface area (Å²) in [6.07, 6.45) is 3.68. The number of alkyl halides is 3. The number of hydrogen-bond acceptors (Lipinski definition) is 3. The van der Waals surface area contributed by atoms with Crippen LogP contribution in [0.3, 0.4) is 0 Å². The Balaban J connectivity index is 0.000000298. The minimum Gasteiger partial charge on any atom is -0.475 e. The molecule has 1 amide bonds. The molecule has 3 N–H and O–H groups in total. The van der Waals surface area contributed by atoms with E-state index in [2.05, 4.69) is 21.2 Å². The van der Waals surface area contributed by atoms with E-state index in [0.29, 0.717) is 5.57 Å². The van der Waals surface area contributed by atoms with E-state index in [1.807, 2.05) is 25.1 Å². The molecule has 1 aromatic carbocycles. The number of imidazole rings is 1. The third-order valence-electron chi connectivity index (χ3n) is 3.36. The molecule has 1 aliphatic rings. The third-order valence-corrected chi connectivity index (χ3v) is 3.36. The van der Waals surface area contributed by atoms with E-state index in [-0.39, 0.29) is 5.91 Å². The van der Waals surface area contributed by atoms with Gasteiger partial charge in [0.2, 0.25) is 0 Å². The van der Waals surface area contributed by atoms with Crippen LogP contribution in [0.4, 0.5) is 18.9 Å². The molecule has 0 radical (unpaired) electrons. The summed E-state index contributed by atoms with van der Waals surface area (Å²) in [5, 5.41) is 9.94. The van der Waals surface area contributed by atoms with E-state index in [4.69, 9.17) is 16.3 Å². The largest absolute Gasteiger partial charge is 0.490 e. The summed E-state index contributed by atoms with van der Waals surface area (Å²) in [6, 6.07) is 5.46. The number of aryl methyl sites for hydroxylation is 1. The fourth-order valence-corrected chi connectivity index (χ4v) is 2.07. The number of carbonyl (C=O) groups excluding carboxylic acids is 1. The summed E-state index contributed by atoms with van der Waals surface area (Å²) in [4.78, 5) is 28.1. The first-order valence-electron chi connectivity index (χ1n) is 7.07. The topological polar surface area (TPSA) is 95.1 Å². The van der Waals surface area contributed by atoms with Gasteiger partial charge in [-0.1, -0.05) is 5.92 Å². The van der Waals surface area contributed by atoms with Gasteiger partial charge in [-0.2, -0.15) is 13.2 Å². The Morgan fingerprint density at radius 3 is 2.54 bits per heavy atom. The normalized spacial score (nSPS) is 14.1. The fraction of sp³-hybridized carbons (Fsp3) is 0.118. The summed E-state index contributed by atoms with van der Waals surface area (Å²) >= 11 is 0. The number of carbonyl (C=O) groups is 2. The van der Waals surface area contributed by atoms with Crippen LogP contribution in [-0.4, -0.2) is 33.1 Å². The number of benzene rings is 1. The molecule has 6 nitrogen and oxygen atoms in total. The van der Waals surface area contributed by atoms with Crippen LogP contribution in [-0.2, 0) is 9.59 Å². The molecule has 3 rings (SSSR count). The lowest BCUT2D eigenvalue weighted by Crippen LogP contribution is -2.21. The number of terminal acetylenes is 1. The van der Waals surface area contributed by atoms with Crippen molar-refractivity contribution in [2.75, 3.05) is 5.32 Å². The number of amides is 1. The average Bonchev–Trinajstić information content (AvgIpc) is 3.11. The van der Waals surface area contributed by atoms with Crippen molar-refractivity contribution in [2.45, 2.75) is 13.1 Å². The molecule has 0 atom stereocenters. The lowest BCUT2D eigenvalue weighted by molar-refractivity contribution is -0.192. The first-order valence-corrected chi connectivity index (χ1v) is 7.07. The van der Waals surface area contributed by atoms with Crippen molar-refractivity contribution in [3.8, 4) is 12.3 Å². The molecule has 0 aliphatic carbocycles. The second-order valence-electron chi connectivity index (χ2n) is 5.13. The lowest BCUT2D eigenvalue weighted by Gasteiger charge is -1.99. The molecule has 0 fully saturated rings. The van der Waals surface area contributed by atoms with Crippen molar-refractivity contribution >= 4 is 29.2 Å². The molecule has 2 aromatic rings. The number of halogens is 3. The van der Waals surface area contributed by atoms with E-state index in [9.17, 15) is 18.0 Å². The Morgan fingerprint density at radius 2 is 2.04 bits per heavy atom. The molecular formula is C17H12F3N3O3. The monoisotopic (exact) mass is 363 g/mol. The van der Waals surface area contributed by atoms with Crippen LogP contribution < -0.4 is 5.32 Å². The number of carboxylic acids is 1. The lowest BCUT2D eigenvalue weighted by atomic mass is 10.0. The molecular weight excluding hydrogens is 351 g/mol. The van der Waals surface area contributed by atoms with Crippen molar-refractivity contribution in [1.29, 1.82) is 0 Å². The molecule has 0 spiro atoms. The quantitative estimate of drug-likeness (QED) is 0.536. The van der Waals surface area contributed by atoms with Crippen LogP contribution in [0.15, 0.2) is 24.5 Å². The minimum atomic E-state index is -5.08. The number of aromatic nitrogens is 2. The second-order valence-corrected chi connectivity index (χ2v) is 5.13. The number of hydrogen-bond donors (Lipinski definition) is 3. The molecule has 9 heteroatoms. The van der Waals surface area contributed by atoms with Crippen molar-refractivity contribution < 1.29 is 27.9 Å². The SMILES string of the molecule is C#Cc1ccc2c(c1)/C(=C/c1nc[nH]c1C)C(=O)N2.O=C(O)C(F)(F)F. The maximum absolute atomic E-state index is 12.0. The number of carboxylic acid groups (broad SMARTS) is 1. The Morgan fingerprint density at radius 1 is 1.38 bits per heavy atom. The summed E-state index contributed by atoms with van der Waals surface area (Å²) < 4.78 is 31.7. The minimum absolute atomic E-state index is 0.133. The van der Waals surface area contributed by atoms with Gasteiger partial charge in [0.05, 0.1) is 17.6 Å². The predicted octanol–water partition coefficient (Wildman–Crippen LogP) is 2.83. The first kappa shape index (κ1) is 18.8. The summed E-state index contributed by atoms with van der Waals surface area (Å²) in [5.74, 6) is -0.316. The zero-order chi connectivity index (χ0) is 19.5. The number of anilines is 1. The molecule has 26 heavy (non-hydrogen) atoms. The van der Waals surface area contributed by atoms with Gasteiger partial charge < -0.3 is 15.4 Å². The van der Waals surface area contributed by atoms with Crippen LogP contribution in [0.2, 0.25) is 0 Å². The van der Waals surface area contributed by atoms with E-state index in [1.165, 1.54) is 0 Å². The summed E-state index contributed by atoms with van der Waals surface area (Å²) in [5.41, 5.74) is 4.61. The number of nitrogens with one attached hydrogen (secondary N) is 2. The van der Waals surface area contributed by atoms with Gasteiger partial charge in [-0.25, -0.2) is 9.78 Å². The Bertz CT molecular complexity index is 937. The molecule has 134 valence electrons. The maximum atomic E-state index is 12.0. The van der Waals surface area contributed by atoms with Gasteiger partial charge in [0.15, 0.2) is 0 Å². The number of H-pyrrole nitrogens is 1. The van der Waals surface area contributed by atoms with Crippen LogP contribution in [0.1, 0.15) is 22.5 Å². The molecule has 2 heterocycles. The van der Waals surface area contributed by atoms with Crippen LogP contribution in [0.25, 0.3) is 11.6 Å². The number of aliphatic carboxylic acids is 1. The van der Waals surface area contributed by atoms with Gasteiger partial charge in [0.1, 0.15) is 0 Å². The van der Waals surface area contributed by atoms with Crippen LogP contribution >= 0.6 is 0 Å². The van der Waals surface area contributed by atoms with Crippen molar-refractivity contribution in [2.24, 2.45) is 0 Å². The second kappa shape index (κ2) is 7.14. The van der Waals surface area contributed by atoms with E-state index < -0.39 is 12.1 Å². The fourth-order valence-electron chi connectivity index (χ4n) is 2.07. The Hall–Kier alpha value is -3.54. The highest BCUT2D eigenvalue weighted by molar-refractivity contribution is 6.34. The van der Waals surface area contributed by atoms with Crippen LogP contribution in [0.5, 0.6) is 0 Å². The summed E-state index contributed by atoms with van der Waals surface area (Å²) in [6.45, 7) is 1.91. The first-order chi connectivity index (χ1) is 12.1. The smallest absolute Gasteiger partial charge is 0.475 e. The Labute approximate surface area is 145 Å². The molecule has 0 unspecified atom stereocenters. The highest BCUT2D eigenvalue weighted by Gasteiger charge is 2.38. The van der Waals surface area contributed by atoms with Gasteiger partial charge in [-0.3, -0.25) is 4.79 Å². The molecule has 0 saturated carbocycles. The molecule has 1 aromatic heterocycles. The van der Waals surface area contributed by atoms with Crippen molar-refractivity contribution in [3.05, 3.63) is 47.0 Å². The van der Waals surface area contributed by atoms with Gasteiger partial charge in [0.25, 0.3) is 5.91 Å². The predicted molar refractivity (Wildman–Crippen MR) is 87.9 cm³/mol. The van der Waals surface area contributed by atoms with E-state index in [0.717, 1.165) is 28.2 Å². The molecule has 0 saturated heterocycles. The number of nitrogens with zero attached hydrogens (tertiary/aromatic N) is 1. The Kier molecular flexibility index (Phi) is 5.16. The van der Waals surface area contributed by atoms with E-state index >= 15 is 0 Å². The van der Waals surface area contributed by atoms with Gasteiger partial charge in [-0.05, 0) is 31.2 Å². The van der Waals surface area contributed by atoms with Crippen molar-refractivity contribution in [1.82, 2.24) is 9.97 Å². The van der Waals surface area contributed by atoms with Gasteiger partial charge >= 0.3 is 12.1 Å².